The SMILES string of the molecule is C1=Cc2ccc3c(c2CC1)c1ccccc1n3-c1ccccc1-c1ccc(N(c2ccc(-c3ccccc3)cc2)c2cccc(-c3ccccc3)c2)cc1-c1ccccc1. The Kier molecular flexibility index (Phi) is 9.02. The fourth-order valence-corrected chi connectivity index (χ4v) is 9.27. The number of rotatable bonds is 8. The Balaban J connectivity index is 1.11. The highest BCUT2D eigenvalue weighted by molar-refractivity contribution is 6.12. The molecular weight excluding hydrogens is 725 g/mol. The summed E-state index contributed by atoms with van der Waals surface area (Å²) in [7, 11) is 0. The molecule has 9 aromatic carbocycles. The number of benzene rings is 9. The van der Waals surface area contributed by atoms with Crippen LogP contribution in [0, 0.1) is 0 Å². The smallest absolute Gasteiger partial charge is 0.0544 e. The largest absolute Gasteiger partial charge is 0.310 e. The lowest BCUT2D eigenvalue weighted by atomic mass is 9.92. The summed E-state index contributed by atoms with van der Waals surface area (Å²) >= 11 is 0. The normalized spacial score (nSPS) is 12.1. The van der Waals surface area contributed by atoms with Crippen molar-refractivity contribution in [3.63, 3.8) is 0 Å². The monoisotopic (exact) mass is 766 g/mol. The Hall–Kier alpha value is -7.68. The Morgan fingerprint density at radius 1 is 0.383 bits per heavy atom. The van der Waals surface area contributed by atoms with Crippen molar-refractivity contribution in [3.05, 3.63) is 236 Å². The minimum Gasteiger partial charge on any atom is -0.310 e. The van der Waals surface area contributed by atoms with Gasteiger partial charge in [0.1, 0.15) is 0 Å². The molecule has 1 aliphatic rings. The molecule has 1 aliphatic carbocycles. The first-order valence-corrected chi connectivity index (χ1v) is 20.9. The molecule has 2 nitrogen and oxygen atoms in total. The van der Waals surface area contributed by atoms with Crippen LogP contribution >= 0.6 is 0 Å². The van der Waals surface area contributed by atoms with Gasteiger partial charge in [-0.05, 0) is 118 Å². The van der Waals surface area contributed by atoms with Crippen LogP contribution in [0.2, 0.25) is 0 Å². The summed E-state index contributed by atoms with van der Waals surface area (Å²) in [5.41, 5.74) is 19.2. The molecule has 10 aromatic rings. The second-order valence-corrected chi connectivity index (χ2v) is 15.6. The number of hydrogen-bond acceptors (Lipinski definition) is 1. The summed E-state index contributed by atoms with van der Waals surface area (Å²) in [5, 5.41) is 2.67. The first-order valence-electron chi connectivity index (χ1n) is 20.9. The first-order chi connectivity index (χ1) is 29.8. The van der Waals surface area contributed by atoms with Gasteiger partial charge in [0.05, 0.1) is 16.7 Å². The van der Waals surface area contributed by atoms with Crippen LogP contribution in [-0.2, 0) is 6.42 Å². The second-order valence-electron chi connectivity index (χ2n) is 15.6. The molecule has 0 spiro atoms. The van der Waals surface area contributed by atoms with E-state index in [2.05, 4.69) is 240 Å². The van der Waals surface area contributed by atoms with E-state index in [-0.39, 0.29) is 0 Å². The molecule has 1 aromatic heterocycles. The van der Waals surface area contributed by atoms with Crippen LogP contribution in [0.25, 0.3) is 78.1 Å². The van der Waals surface area contributed by atoms with Gasteiger partial charge < -0.3 is 9.47 Å². The lowest BCUT2D eigenvalue weighted by molar-refractivity contribution is 0.997. The van der Waals surface area contributed by atoms with Crippen molar-refractivity contribution in [2.45, 2.75) is 12.8 Å². The fraction of sp³-hybridized carbons (Fsp3) is 0.0345. The van der Waals surface area contributed by atoms with Gasteiger partial charge in [0.2, 0.25) is 0 Å². The topological polar surface area (TPSA) is 8.17 Å². The molecule has 0 bridgehead atoms. The van der Waals surface area contributed by atoms with Crippen LogP contribution < -0.4 is 4.90 Å². The van der Waals surface area contributed by atoms with Crippen molar-refractivity contribution >= 4 is 44.9 Å². The van der Waals surface area contributed by atoms with Crippen molar-refractivity contribution in [2.75, 3.05) is 4.90 Å². The third-order valence-corrected chi connectivity index (χ3v) is 12.1. The van der Waals surface area contributed by atoms with Crippen LogP contribution in [0.15, 0.2) is 224 Å². The molecule has 0 radical (unpaired) electrons. The standard InChI is InChI=1S/C58H42N2/c1-4-17-41(18-5-1)43-31-34-47(35-32-43)59(48-25-16-24-46(39-48)42-19-6-2-7-20-42)49-36-37-51(54(40-49)44-21-8-3-9-22-44)52-27-12-14-29-55(52)60-56-30-15-13-28-53(56)58-50-26-11-10-23-45(50)33-38-57(58)60/h1-10,12-25,27-40H,11,26H2. The van der Waals surface area contributed by atoms with Crippen molar-refractivity contribution in [1.29, 1.82) is 0 Å². The highest BCUT2D eigenvalue weighted by atomic mass is 15.1. The number of para-hydroxylation sites is 2. The molecule has 1 heterocycles. The third-order valence-electron chi connectivity index (χ3n) is 12.1. The van der Waals surface area contributed by atoms with E-state index in [1.807, 2.05) is 0 Å². The number of anilines is 3. The second kappa shape index (κ2) is 15.2. The lowest BCUT2D eigenvalue weighted by Crippen LogP contribution is -2.10. The molecular formula is C58H42N2. The number of nitrogens with zero attached hydrogens (tertiary/aromatic N) is 2. The maximum Gasteiger partial charge on any atom is 0.0544 e. The Morgan fingerprint density at radius 2 is 1.00 bits per heavy atom. The van der Waals surface area contributed by atoms with Gasteiger partial charge in [0.15, 0.2) is 0 Å². The highest BCUT2D eigenvalue weighted by Crippen LogP contribution is 2.45. The summed E-state index contributed by atoms with van der Waals surface area (Å²) in [5.74, 6) is 0. The highest BCUT2D eigenvalue weighted by Gasteiger charge is 2.22. The maximum atomic E-state index is 2.50. The fourth-order valence-electron chi connectivity index (χ4n) is 9.27. The number of aromatic nitrogens is 1. The van der Waals surface area contributed by atoms with E-state index in [0.29, 0.717) is 0 Å². The van der Waals surface area contributed by atoms with Gasteiger partial charge in [-0.15, -0.1) is 0 Å². The predicted octanol–water partition coefficient (Wildman–Crippen LogP) is 15.9. The van der Waals surface area contributed by atoms with Crippen LogP contribution in [-0.4, -0.2) is 4.57 Å². The van der Waals surface area contributed by atoms with E-state index in [1.165, 1.54) is 83.1 Å². The van der Waals surface area contributed by atoms with E-state index < -0.39 is 0 Å². The Bertz CT molecular complexity index is 3180. The summed E-state index contributed by atoms with van der Waals surface area (Å²) in [6.45, 7) is 0. The number of fused-ring (bicyclic) bond motifs is 5. The summed E-state index contributed by atoms with van der Waals surface area (Å²) in [6.07, 6.45) is 6.72. The lowest BCUT2D eigenvalue weighted by Gasteiger charge is -2.28. The van der Waals surface area contributed by atoms with E-state index >= 15 is 0 Å². The number of hydrogen-bond donors (Lipinski definition) is 0. The Morgan fingerprint density at radius 3 is 1.78 bits per heavy atom. The Labute approximate surface area is 351 Å². The van der Waals surface area contributed by atoms with Gasteiger partial charge in [-0.1, -0.05) is 176 Å². The van der Waals surface area contributed by atoms with Gasteiger partial charge >= 0.3 is 0 Å². The van der Waals surface area contributed by atoms with Gasteiger partial charge in [-0.3, -0.25) is 0 Å². The van der Waals surface area contributed by atoms with Crippen molar-refractivity contribution in [2.24, 2.45) is 0 Å². The third kappa shape index (κ3) is 6.31. The summed E-state index contributed by atoms with van der Waals surface area (Å²) in [6, 6.07) is 79.5. The zero-order valence-electron chi connectivity index (χ0n) is 33.2. The summed E-state index contributed by atoms with van der Waals surface area (Å²) in [4.78, 5) is 2.40. The molecule has 284 valence electrons. The maximum absolute atomic E-state index is 2.50. The van der Waals surface area contributed by atoms with E-state index in [1.54, 1.807) is 0 Å². The average Bonchev–Trinajstić information content (AvgIpc) is 3.67. The molecule has 0 saturated carbocycles. The summed E-state index contributed by atoms with van der Waals surface area (Å²) < 4.78 is 2.50. The molecule has 0 amide bonds. The predicted molar refractivity (Wildman–Crippen MR) is 255 cm³/mol. The van der Waals surface area contributed by atoms with Crippen LogP contribution in [0.1, 0.15) is 17.5 Å². The zero-order valence-corrected chi connectivity index (χ0v) is 33.2. The molecule has 0 unspecified atom stereocenters. The molecule has 0 aliphatic heterocycles. The number of allylic oxidation sites excluding steroid dienone is 1. The van der Waals surface area contributed by atoms with E-state index in [9.17, 15) is 0 Å². The van der Waals surface area contributed by atoms with Crippen molar-refractivity contribution < 1.29 is 0 Å². The molecule has 11 rings (SSSR count). The molecule has 2 heteroatoms. The first kappa shape index (κ1) is 35.5. The van der Waals surface area contributed by atoms with Gasteiger partial charge in [-0.2, -0.15) is 0 Å². The van der Waals surface area contributed by atoms with E-state index in [0.717, 1.165) is 29.9 Å². The van der Waals surface area contributed by atoms with Crippen molar-refractivity contribution in [1.82, 2.24) is 4.57 Å². The van der Waals surface area contributed by atoms with Crippen LogP contribution in [0.4, 0.5) is 17.1 Å². The van der Waals surface area contributed by atoms with Gasteiger partial charge in [0, 0.05) is 33.4 Å². The van der Waals surface area contributed by atoms with Crippen molar-refractivity contribution in [3.8, 4) is 50.2 Å². The van der Waals surface area contributed by atoms with Crippen LogP contribution in [0.3, 0.4) is 0 Å². The molecule has 0 N–H and O–H groups in total. The zero-order chi connectivity index (χ0) is 39.8. The molecule has 60 heavy (non-hydrogen) atoms. The minimum atomic E-state index is 1.05. The van der Waals surface area contributed by atoms with Gasteiger partial charge in [0.25, 0.3) is 0 Å². The molecule has 0 saturated heterocycles. The molecule has 0 fully saturated rings. The van der Waals surface area contributed by atoms with Crippen LogP contribution in [0.5, 0.6) is 0 Å². The van der Waals surface area contributed by atoms with E-state index in [4.69, 9.17) is 0 Å². The number of aryl methyl sites for hydroxylation is 1. The molecule has 0 atom stereocenters. The minimum absolute atomic E-state index is 1.05. The quantitative estimate of drug-likeness (QED) is 0.150. The van der Waals surface area contributed by atoms with Gasteiger partial charge in [-0.25, -0.2) is 0 Å². The average molecular weight is 767 g/mol.